The molecule has 96 valence electrons. The maximum absolute atomic E-state index is 11.8. The van der Waals surface area contributed by atoms with Crippen LogP contribution >= 0.6 is 11.8 Å². The first-order chi connectivity index (χ1) is 8.27. The molecule has 7 heteroatoms. The molecule has 2 aliphatic heterocycles. The van der Waals surface area contributed by atoms with Gasteiger partial charge in [0.05, 0.1) is 0 Å². The van der Waals surface area contributed by atoms with Crippen molar-refractivity contribution in [3.8, 4) is 0 Å². The summed E-state index contributed by atoms with van der Waals surface area (Å²) in [5.74, 6) is 0. The first-order valence-electron chi connectivity index (χ1n) is 5.94. The van der Waals surface area contributed by atoms with Gasteiger partial charge in [-0.1, -0.05) is 0 Å². The maximum Gasteiger partial charge on any atom is 0.291 e. The fourth-order valence-corrected chi connectivity index (χ4v) is 2.67. The molecule has 0 aliphatic carbocycles. The van der Waals surface area contributed by atoms with Gasteiger partial charge in [0.1, 0.15) is 0 Å². The third-order valence-electron chi connectivity index (χ3n) is 2.93. The quantitative estimate of drug-likeness (QED) is 0.628. The highest BCUT2D eigenvalue weighted by molar-refractivity contribution is 8.25. The molecule has 2 fully saturated rings. The van der Waals surface area contributed by atoms with Gasteiger partial charge in [-0.15, -0.1) is 0 Å². The summed E-state index contributed by atoms with van der Waals surface area (Å²) in [5, 5.41) is 6.13. The van der Waals surface area contributed by atoms with Gasteiger partial charge in [0, 0.05) is 64.1 Å². The van der Waals surface area contributed by atoms with Gasteiger partial charge < -0.3 is 20.4 Å². The van der Waals surface area contributed by atoms with Gasteiger partial charge in [-0.05, 0) is 0 Å². The summed E-state index contributed by atoms with van der Waals surface area (Å²) >= 11 is 0.831. The number of hydrogen-bond donors (Lipinski definition) is 2. The molecule has 0 unspecified atom stereocenters. The van der Waals surface area contributed by atoms with Crippen molar-refractivity contribution < 1.29 is 9.59 Å². The van der Waals surface area contributed by atoms with E-state index >= 15 is 0 Å². The Kier molecular flexibility index (Phi) is 4.64. The van der Waals surface area contributed by atoms with Crippen LogP contribution in [-0.2, 0) is 0 Å². The molecule has 0 aromatic heterocycles. The molecular formula is C10H18N4O2S. The van der Waals surface area contributed by atoms with Crippen LogP contribution in [0.15, 0.2) is 0 Å². The van der Waals surface area contributed by atoms with Gasteiger partial charge in [0.2, 0.25) is 0 Å². The lowest BCUT2D eigenvalue weighted by molar-refractivity contribution is 0.210. The molecule has 2 aliphatic rings. The maximum atomic E-state index is 11.8. The topological polar surface area (TPSA) is 64.7 Å². The Morgan fingerprint density at radius 2 is 1.12 bits per heavy atom. The van der Waals surface area contributed by atoms with E-state index in [4.69, 9.17) is 0 Å². The minimum atomic E-state index is -0.116. The van der Waals surface area contributed by atoms with Crippen molar-refractivity contribution in [2.24, 2.45) is 0 Å². The number of nitrogens with one attached hydrogen (secondary N) is 2. The molecule has 17 heavy (non-hydrogen) atoms. The number of rotatable bonds is 0. The van der Waals surface area contributed by atoms with Gasteiger partial charge in [0.15, 0.2) is 0 Å². The number of amides is 2. The molecule has 2 amide bonds. The number of carbonyl (C=O) groups is 2. The van der Waals surface area contributed by atoms with Crippen LogP contribution in [0.5, 0.6) is 0 Å². The zero-order valence-electron chi connectivity index (χ0n) is 9.78. The Balaban J connectivity index is 1.78. The van der Waals surface area contributed by atoms with Crippen molar-refractivity contribution in [1.29, 1.82) is 0 Å². The number of nitrogens with zero attached hydrogens (tertiary/aromatic N) is 2. The number of carbonyl (C=O) groups excluding carboxylic acids is 2. The molecule has 2 N–H and O–H groups in total. The molecule has 0 atom stereocenters. The molecular weight excluding hydrogens is 240 g/mol. The van der Waals surface area contributed by atoms with Gasteiger partial charge in [0.25, 0.3) is 10.5 Å². The van der Waals surface area contributed by atoms with E-state index < -0.39 is 0 Å². The highest BCUT2D eigenvalue weighted by Crippen LogP contribution is 2.15. The molecule has 2 saturated heterocycles. The summed E-state index contributed by atoms with van der Waals surface area (Å²) in [4.78, 5) is 27.2. The number of thioether (sulfide) groups is 1. The lowest BCUT2D eigenvalue weighted by Crippen LogP contribution is -2.47. The van der Waals surface area contributed by atoms with E-state index in [1.54, 1.807) is 9.80 Å². The van der Waals surface area contributed by atoms with E-state index in [1.165, 1.54) is 0 Å². The van der Waals surface area contributed by atoms with Crippen LogP contribution < -0.4 is 10.6 Å². The van der Waals surface area contributed by atoms with Crippen molar-refractivity contribution >= 4 is 22.2 Å². The van der Waals surface area contributed by atoms with Crippen molar-refractivity contribution in [3.63, 3.8) is 0 Å². The van der Waals surface area contributed by atoms with E-state index in [0.29, 0.717) is 26.2 Å². The van der Waals surface area contributed by atoms with Crippen LogP contribution in [0.2, 0.25) is 0 Å². The van der Waals surface area contributed by atoms with Crippen LogP contribution in [-0.4, -0.2) is 72.6 Å². The summed E-state index contributed by atoms with van der Waals surface area (Å²) in [6.07, 6.45) is 0. The van der Waals surface area contributed by atoms with E-state index in [1.807, 2.05) is 0 Å². The highest BCUT2D eigenvalue weighted by atomic mass is 32.2. The monoisotopic (exact) mass is 258 g/mol. The van der Waals surface area contributed by atoms with Crippen LogP contribution in [0.3, 0.4) is 0 Å². The second-order valence-electron chi connectivity index (χ2n) is 4.11. The van der Waals surface area contributed by atoms with Crippen LogP contribution in [0.25, 0.3) is 0 Å². The Labute approximate surface area is 105 Å². The average molecular weight is 258 g/mol. The number of piperazine rings is 2. The smallest absolute Gasteiger partial charge is 0.291 e. The van der Waals surface area contributed by atoms with E-state index in [0.717, 1.165) is 37.9 Å². The lowest BCUT2D eigenvalue weighted by atomic mass is 10.4. The molecule has 0 bridgehead atoms. The van der Waals surface area contributed by atoms with Crippen LogP contribution in [0.4, 0.5) is 9.59 Å². The fraction of sp³-hybridized carbons (Fsp3) is 0.800. The zero-order chi connectivity index (χ0) is 12.1. The molecule has 0 spiro atoms. The summed E-state index contributed by atoms with van der Waals surface area (Å²) in [5.41, 5.74) is 0. The molecule has 0 aromatic rings. The lowest BCUT2D eigenvalue weighted by Gasteiger charge is -2.29. The fourth-order valence-electron chi connectivity index (χ4n) is 1.90. The molecule has 0 radical (unpaired) electrons. The summed E-state index contributed by atoms with van der Waals surface area (Å²) in [6, 6.07) is 0. The minimum Gasteiger partial charge on any atom is -0.331 e. The third-order valence-corrected chi connectivity index (χ3v) is 3.79. The first kappa shape index (κ1) is 12.7. The van der Waals surface area contributed by atoms with E-state index in [-0.39, 0.29) is 10.5 Å². The average Bonchev–Trinajstić information content (AvgIpc) is 2.40. The third kappa shape index (κ3) is 3.58. The molecule has 2 rings (SSSR count). The number of hydrogen-bond acceptors (Lipinski definition) is 5. The minimum absolute atomic E-state index is 0.116. The second kappa shape index (κ2) is 6.23. The Morgan fingerprint density at radius 3 is 1.47 bits per heavy atom. The van der Waals surface area contributed by atoms with Gasteiger partial charge in [-0.25, -0.2) is 0 Å². The summed E-state index contributed by atoms with van der Waals surface area (Å²) < 4.78 is 0. The standard InChI is InChI=1S/C10H18N4O2S/c15-9(13-5-1-11-2-6-13)17-10(16)14-7-3-12-4-8-14/h11-12H,1-8H2. The largest absolute Gasteiger partial charge is 0.331 e. The summed E-state index contributed by atoms with van der Waals surface area (Å²) in [6.45, 7) is 6.03. The first-order valence-corrected chi connectivity index (χ1v) is 6.76. The van der Waals surface area contributed by atoms with Crippen LogP contribution in [0, 0.1) is 0 Å². The summed E-state index contributed by atoms with van der Waals surface area (Å²) in [7, 11) is 0. The van der Waals surface area contributed by atoms with E-state index in [2.05, 4.69) is 10.6 Å². The van der Waals surface area contributed by atoms with Gasteiger partial charge in [-0.3, -0.25) is 9.59 Å². The zero-order valence-corrected chi connectivity index (χ0v) is 10.6. The molecule has 0 aromatic carbocycles. The molecule has 0 saturated carbocycles. The normalized spacial score (nSPS) is 21.4. The van der Waals surface area contributed by atoms with Crippen molar-refractivity contribution in [2.45, 2.75) is 0 Å². The Morgan fingerprint density at radius 1 is 0.765 bits per heavy atom. The SMILES string of the molecule is O=C(SC(=O)N1CCNCC1)N1CCNCC1. The Bertz CT molecular complexity index is 260. The van der Waals surface area contributed by atoms with E-state index in [9.17, 15) is 9.59 Å². The van der Waals surface area contributed by atoms with Crippen molar-refractivity contribution in [1.82, 2.24) is 20.4 Å². The second-order valence-corrected chi connectivity index (χ2v) is 5.01. The van der Waals surface area contributed by atoms with Crippen LogP contribution in [0.1, 0.15) is 0 Å². The van der Waals surface area contributed by atoms with Crippen molar-refractivity contribution in [2.75, 3.05) is 52.4 Å². The molecule has 2 heterocycles. The highest BCUT2D eigenvalue weighted by Gasteiger charge is 2.24. The van der Waals surface area contributed by atoms with Gasteiger partial charge >= 0.3 is 0 Å². The predicted molar refractivity (Wildman–Crippen MR) is 67.3 cm³/mol. The predicted octanol–water partition coefficient (Wildman–Crippen LogP) is -0.230. The van der Waals surface area contributed by atoms with Gasteiger partial charge in [-0.2, -0.15) is 0 Å². The molecule has 6 nitrogen and oxygen atoms in total. The van der Waals surface area contributed by atoms with Crippen molar-refractivity contribution in [3.05, 3.63) is 0 Å². The Hall–Kier alpha value is -0.790.